The summed E-state index contributed by atoms with van der Waals surface area (Å²) in [6, 6.07) is 6.98. The SMILES string of the molecule is C[C@H](c1ccccc1F)N1CCN(CCn2cc([N+](=O)[O-])cn2)CC1. The molecule has 3 rings (SSSR count). The molecule has 1 saturated heterocycles. The van der Waals surface area contributed by atoms with Gasteiger partial charge in [-0.05, 0) is 13.0 Å². The fourth-order valence-electron chi connectivity index (χ4n) is 3.20. The van der Waals surface area contributed by atoms with E-state index in [0.29, 0.717) is 6.54 Å². The Kier molecular flexibility index (Phi) is 5.40. The Morgan fingerprint density at radius 3 is 2.60 bits per heavy atom. The Morgan fingerprint density at radius 2 is 1.96 bits per heavy atom. The first kappa shape index (κ1) is 17.5. The molecular formula is C17H22FN5O2. The molecule has 8 heteroatoms. The van der Waals surface area contributed by atoms with Gasteiger partial charge >= 0.3 is 5.69 Å². The lowest BCUT2D eigenvalue weighted by atomic mass is 10.1. The van der Waals surface area contributed by atoms with Crippen LogP contribution in [0.15, 0.2) is 36.7 Å². The van der Waals surface area contributed by atoms with Crippen LogP contribution in [-0.4, -0.2) is 57.2 Å². The van der Waals surface area contributed by atoms with Gasteiger partial charge in [0.05, 0.1) is 11.5 Å². The average Bonchev–Trinajstić information content (AvgIpc) is 3.10. The predicted molar refractivity (Wildman–Crippen MR) is 91.7 cm³/mol. The molecule has 7 nitrogen and oxygen atoms in total. The summed E-state index contributed by atoms with van der Waals surface area (Å²) in [7, 11) is 0. The molecule has 25 heavy (non-hydrogen) atoms. The normalized spacial score (nSPS) is 17.5. The second-order valence-corrected chi connectivity index (χ2v) is 6.29. The van der Waals surface area contributed by atoms with Crippen LogP contribution in [0.1, 0.15) is 18.5 Å². The summed E-state index contributed by atoms with van der Waals surface area (Å²) in [5.74, 6) is -0.155. The Bertz CT molecular complexity index is 727. The number of aromatic nitrogens is 2. The third-order valence-corrected chi connectivity index (χ3v) is 4.79. The van der Waals surface area contributed by atoms with E-state index in [4.69, 9.17) is 0 Å². The van der Waals surface area contributed by atoms with E-state index < -0.39 is 4.92 Å². The lowest BCUT2D eigenvalue weighted by Crippen LogP contribution is -2.47. The summed E-state index contributed by atoms with van der Waals surface area (Å²) >= 11 is 0. The topological polar surface area (TPSA) is 67.4 Å². The van der Waals surface area contributed by atoms with E-state index in [9.17, 15) is 14.5 Å². The van der Waals surface area contributed by atoms with Gasteiger partial charge in [-0.2, -0.15) is 5.10 Å². The van der Waals surface area contributed by atoms with Crippen LogP contribution in [0.5, 0.6) is 0 Å². The molecule has 1 aromatic carbocycles. The van der Waals surface area contributed by atoms with Crippen molar-refractivity contribution in [1.29, 1.82) is 0 Å². The third-order valence-electron chi connectivity index (χ3n) is 4.79. The second-order valence-electron chi connectivity index (χ2n) is 6.29. The minimum atomic E-state index is -0.438. The first-order valence-electron chi connectivity index (χ1n) is 8.42. The van der Waals surface area contributed by atoms with E-state index >= 15 is 0 Å². The van der Waals surface area contributed by atoms with Crippen molar-refractivity contribution in [3.05, 3.63) is 58.2 Å². The van der Waals surface area contributed by atoms with Crippen LogP contribution < -0.4 is 0 Å². The quantitative estimate of drug-likeness (QED) is 0.592. The van der Waals surface area contributed by atoms with Gasteiger partial charge in [0.25, 0.3) is 0 Å². The molecule has 0 bridgehead atoms. The summed E-state index contributed by atoms with van der Waals surface area (Å²) in [6.07, 6.45) is 2.73. The molecule has 1 fully saturated rings. The minimum Gasteiger partial charge on any atom is -0.299 e. The van der Waals surface area contributed by atoms with Gasteiger partial charge in [-0.15, -0.1) is 0 Å². The molecule has 0 saturated carbocycles. The highest BCUT2D eigenvalue weighted by atomic mass is 19.1. The van der Waals surface area contributed by atoms with E-state index in [1.807, 2.05) is 19.1 Å². The molecule has 0 N–H and O–H groups in total. The van der Waals surface area contributed by atoms with E-state index in [0.717, 1.165) is 38.3 Å². The van der Waals surface area contributed by atoms with Crippen LogP contribution in [0, 0.1) is 15.9 Å². The van der Waals surface area contributed by atoms with Crippen molar-refractivity contribution in [3.8, 4) is 0 Å². The summed E-state index contributed by atoms with van der Waals surface area (Å²) in [4.78, 5) is 14.8. The highest BCUT2D eigenvalue weighted by Gasteiger charge is 2.23. The van der Waals surface area contributed by atoms with Gasteiger partial charge in [-0.1, -0.05) is 18.2 Å². The molecule has 1 aromatic heterocycles. The molecule has 2 heterocycles. The van der Waals surface area contributed by atoms with Crippen LogP contribution in [0.2, 0.25) is 0 Å². The van der Waals surface area contributed by atoms with Gasteiger partial charge in [-0.25, -0.2) is 4.39 Å². The standard InChI is InChI=1S/C17H22FN5O2/c1-14(16-4-2-3-5-17(16)18)21-9-6-20(7-10-21)8-11-22-13-15(12-19-22)23(24)25/h2-5,12-14H,6-11H2,1H3/t14-/m1/s1. The first-order chi connectivity index (χ1) is 12.0. The van der Waals surface area contributed by atoms with Crippen LogP contribution in [0.25, 0.3) is 0 Å². The van der Waals surface area contributed by atoms with Gasteiger partial charge < -0.3 is 0 Å². The Morgan fingerprint density at radius 1 is 1.24 bits per heavy atom. The predicted octanol–water partition coefficient (Wildman–Crippen LogP) is 2.31. The summed E-state index contributed by atoms with van der Waals surface area (Å²) in [6.45, 7) is 6.97. The lowest BCUT2D eigenvalue weighted by molar-refractivity contribution is -0.385. The summed E-state index contributed by atoms with van der Waals surface area (Å²) in [5, 5.41) is 14.7. The number of benzene rings is 1. The van der Waals surface area contributed by atoms with Crippen molar-refractivity contribution in [3.63, 3.8) is 0 Å². The van der Waals surface area contributed by atoms with Crippen LogP contribution in [0.4, 0.5) is 10.1 Å². The highest BCUT2D eigenvalue weighted by Crippen LogP contribution is 2.23. The zero-order valence-corrected chi connectivity index (χ0v) is 14.2. The van der Waals surface area contributed by atoms with Crippen LogP contribution in [-0.2, 0) is 6.54 Å². The zero-order valence-electron chi connectivity index (χ0n) is 14.2. The molecule has 1 aliphatic heterocycles. The van der Waals surface area contributed by atoms with Gasteiger partial charge in [0.2, 0.25) is 0 Å². The fourth-order valence-corrected chi connectivity index (χ4v) is 3.20. The molecule has 0 aliphatic carbocycles. The molecule has 1 aliphatic rings. The number of nitro groups is 1. The Hall–Kier alpha value is -2.32. The van der Waals surface area contributed by atoms with Crippen molar-refractivity contribution in [2.75, 3.05) is 32.7 Å². The maximum atomic E-state index is 13.9. The molecule has 0 unspecified atom stereocenters. The third kappa shape index (κ3) is 4.21. The van der Waals surface area contributed by atoms with Crippen LogP contribution in [0.3, 0.4) is 0 Å². The van der Waals surface area contributed by atoms with Crippen molar-refractivity contribution in [2.24, 2.45) is 0 Å². The number of hydrogen-bond acceptors (Lipinski definition) is 5. The molecule has 0 spiro atoms. The number of nitrogens with zero attached hydrogens (tertiary/aromatic N) is 5. The lowest BCUT2D eigenvalue weighted by Gasteiger charge is -2.38. The Labute approximate surface area is 145 Å². The molecule has 2 aromatic rings. The van der Waals surface area contributed by atoms with E-state index in [2.05, 4.69) is 14.9 Å². The van der Waals surface area contributed by atoms with E-state index in [-0.39, 0.29) is 17.5 Å². The van der Waals surface area contributed by atoms with Crippen molar-refractivity contribution >= 4 is 5.69 Å². The van der Waals surface area contributed by atoms with E-state index in [1.165, 1.54) is 18.5 Å². The Balaban J connectivity index is 1.48. The number of rotatable bonds is 6. The zero-order chi connectivity index (χ0) is 17.8. The second kappa shape index (κ2) is 7.71. The summed E-state index contributed by atoms with van der Waals surface area (Å²) in [5.41, 5.74) is 0.753. The fraction of sp³-hybridized carbons (Fsp3) is 0.471. The smallest absolute Gasteiger partial charge is 0.299 e. The molecule has 0 amide bonds. The largest absolute Gasteiger partial charge is 0.306 e. The highest BCUT2D eigenvalue weighted by molar-refractivity contribution is 5.21. The van der Waals surface area contributed by atoms with Gasteiger partial charge in [-0.3, -0.25) is 24.6 Å². The number of piperazine rings is 1. The maximum Gasteiger partial charge on any atom is 0.306 e. The number of hydrogen-bond donors (Lipinski definition) is 0. The van der Waals surface area contributed by atoms with Crippen molar-refractivity contribution in [2.45, 2.75) is 19.5 Å². The molecule has 0 radical (unpaired) electrons. The maximum absolute atomic E-state index is 13.9. The van der Waals surface area contributed by atoms with Crippen LogP contribution >= 0.6 is 0 Å². The summed E-state index contributed by atoms with van der Waals surface area (Å²) < 4.78 is 15.5. The van der Waals surface area contributed by atoms with Crippen molar-refractivity contribution < 1.29 is 9.31 Å². The van der Waals surface area contributed by atoms with Gasteiger partial charge in [0, 0.05) is 44.3 Å². The molecule has 1 atom stereocenters. The van der Waals surface area contributed by atoms with Gasteiger partial charge in [0.1, 0.15) is 18.2 Å². The van der Waals surface area contributed by atoms with Crippen molar-refractivity contribution in [1.82, 2.24) is 19.6 Å². The van der Waals surface area contributed by atoms with E-state index in [1.54, 1.807) is 10.7 Å². The first-order valence-corrected chi connectivity index (χ1v) is 8.42. The van der Waals surface area contributed by atoms with Gasteiger partial charge in [0.15, 0.2) is 0 Å². The average molecular weight is 347 g/mol. The monoisotopic (exact) mass is 347 g/mol. The number of halogens is 1. The minimum absolute atomic E-state index is 0.0172. The molecular weight excluding hydrogens is 325 g/mol. The molecule has 134 valence electrons.